The fraction of sp³-hybridized carbons (Fsp3) is 0.423. The van der Waals surface area contributed by atoms with Crippen LogP contribution >= 0.6 is 0 Å². The van der Waals surface area contributed by atoms with Crippen LogP contribution in [-0.4, -0.2) is 42.9 Å². The van der Waals surface area contributed by atoms with E-state index in [0.29, 0.717) is 23.7 Å². The second kappa shape index (κ2) is 10.1. The van der Waals surface area contributed by atoms with Gasteiger partial charge in [-0.3, -0.25) is 14.4 Å². The highest BCUT2D eigenvalue weighted by Crippen LogP contribution is 2.42. The molecule has 1 saturated carbocycles. The average molecular weight is 524 g/mol. The van der Waals surface area contributed by atoms with E-state index in [1.165, 1.54) is 6.92 Å². The molecular formula is C26H26F5N3O3. The molecule has 0 radical (unpaired) electrons. The van der Waals surface area contributed by atoms with Crippen LogP contribution in [0.5, 0.6) is 0 Å². The van der Waals surface area contributed by atoms with Crippen LogP contribution in [0.4, 0.5) is 27.6 Å². The number of hydrogen-bond donors (Lipinski definition) is 2. The smallest absolute Gasteiger partial charge is 0.355 e. The molecule has 11 heteroatoms. The molecule has 4 rings (SSSR count). The van der Waals surface area contributed by atoms with Crippen LogP contribution in [0.25, 0.3) is 11.1 Å². The predicted octanol–water partition coefficient (Wildman–Crippen LogP) is 4.61. The van der Waals surface area contributed by atoms with Gasteiger partial charge in [0.2, 0.25) is 11.8 Å². The molecule has 3 amide bonds. The molecule has 0 bridgehead atoms. The zero-order valence-corrected chi connectivity index (χ0v) is 19.9. The maximum absolute atomic E-state index is 13.8. The molecule has 6 nitrogen and oxygen atoms in total. The molecular weight excluding hydrogens is 497 g/mol. The first-order valence-electron chi connectivity index (χ1n) is 11.9. The number of carbonyl (C=O) groups excluding carboxylic acids is 3. The van der Waals surface area contributed by atoms with Gasteiger partial charge in [0.05, 0.1) is 5.69 Å². The van der Waals surface area contributed by atoms with Crippen molar-refractivity contribution in [3.63, 3.8) is 0 Å². The zero-order valence-electron chi connectivity index (χ0n) is 19.9. The minimum atomic E-state index is -5.74. The van der Waals surface area contributed by atoms with E-state index in [1.54, 1.807) is 17.0 Å². The van der Waals surface area contributed by atoms with E-state index >= 15 is 0 Å². The van der Waals surface area contributed by atoms with Crippen LogP contribution < -0.4 is 15.5 Å². The third-order valence-electron chi connectivity index (χ3n) is 6.63. The minimum Gasteiger partial charge on any atom is -0.355 e. The van der Waals surface area contributed by atoms with Gasteiger partial charge in [-0.25, -0.2) is 0 Å². The van der Waals surface area contributed by atoms with Crippen molar-refractivity contribution in [1.29, 1.82) is 0 Å². The van der Waals surface area contributed by atoms with Gasteiger partial charge in [0.1, 0.15) is 12.0 Å². The van der Waals surface area contributed by atoms with E-state index in [4.69, 9.17) is 0 Å². The first kappa shape index (κ1) is 26.6. The van der Waals surface area contributed by atoms with Crippen molar-refractivity contribution in [1.82, 2.24) is 10.6 Å². The molecule has 1 heterocycles. The highest BCUT2D eigenvalue weighted by molar-refractivity contribution is 6.08. The number of halogens is 5. The van der Waals surface area contributed by atoms with Crippen molar-refractivity contribution < 1.29 is 36.3 Å². The molecule has 37 heavy (non-hydrogen) atoms. The standard InChI is InChI=1S/C26H26F5N3O3/c1-15(22(35)32-13-12-25(27,28)26(29,30)31)23(36)33-21-19-8-3-2-6-17(19)18-7-4-5-9-20(18)34(24(21)37)14-16-10-11-16/h2-9,15-16,21H,10-14H2,1H3,(H,32,35)(H,33,36)/t15?,21-/m0/s1. The highest BCUT2D eigenvalue weighted by Gasteiger charge is 2.56. The third-order valence-corrected chi connectivity index (χ3v) is 6.63. The van der Waals surface area contributed by atoms with Gasteiger partial charge in [-0.2, -0.15) is 22.0 Å². The monoisotopic (exact) mass is 523 g/mol. The molecule has 198 valence electrons. The number of nitrogens with zero attached hydrogens (tertiary/aromatic N) is 1. The molecule has 1 unspecified atom stereocenters. The first-order valence-corrected chi connectivity index (χ1v) is 11.9. The number of rotatable bonds is 8. The van der Waals surface area contributed by atoms with Gasteiger partial charge in [-0.05, 0) is 42.9 Å². The Balaban J connectivity index is 1.53. The van der Waals surface area contributed by atoms with Crippen molar-refractivity contribution in [3.8, 4) is 11.1 Å². The van der Waals surface area contributed by atoms with E-state index in [-0.39, 0.29) is 5.91 Å². The Labute approximate surface area is 210 Å². The molecule has 0 spiro atoms. The van der Waals surface area contributed by atoms with Gasteiger partial charge in [0.15, 0.2) is 0 Å². The minimum absolute atomic E-state index is 0.342. The summed E-state index contributed by atoms with van der Waals surface area (Å²) in [5.74, 6) is -8.33. The van der Waals surface area contributed by atoms with Gasteiger partial charge in [-0.15, -0.1) is 0 Å². The van der Waals surface area contributed by atoms with Crippen LogP contribution in [0.1, 0.15) is 37.8 Å². The topological polar surface area (TPSA) is 78.5 Å². The molecule has 2 atom stereocenters. The van der Waals surface area contributed by atoms with Gasteiger partial charge < -0.3 is 15.5 Å². The first-order chi connectivity index (χ1) is 17.4. The fourth-order valence-electron chi connectivity index (χ4n) is 4.25. The normalized spacial score (nSPS) is 18.4. The van der Waals surface area contributed by atoms with Crippen LogP contribution in [-0.2, 0) is 14.4 Å². The predicted molar refractivity (Wildman–Crippen MR) is 126 cm³/mol. The number of benzene rings is 2. The van der Waals surface area contributed by atoms with Gasteiger partial charge in [0, 0.05) is 25.1 Å². The fourth-order valence-corrected chi connectivity index (χ4v) is 4.25. The van der Waals surface area contributed by atoms with E-state index < -0.39 is 48.8 Å². The number of anilines is 1. The van der Waals surface area contributed by atoms with Crippen LogP contribution in [0.2, 0.25) is 0 Å². The van der Waals surface area contributed by atoms with Crippen LogP contribution in [0, 0.1) is 11.8 Å². The lowest BCUT2D eigenvalue weighted by molar-refractivity contribution is -0.283. The average Bonchev–Trinajstić information content (AvgIpc) is 3.68. The van der Waals surface area contributed by atoms with Crippen molar-refractivity contribution in [3.05, 3.63) is 54.1 Å². The van der Waals surface area contributed by atoms with Crippen LogP contribution in [0.3, 0.4) is 0 Å². The molecule has 2 aromatic carbocycles. The molecule has 0 aromatic heterocycles. The summed E-state index contributed by atoms with van der Waals surface area (Å²) in [4.78, 5) is 40.7. The molecule has 1 aliphatic heterocycles. The Morgan fingerprint density at radius 3 is 2.24 bits per heavy atom. The summed E-state index contributed by atoms with van der Waals surface area (Å²) in [5.41, 5.74) is 2.80. The number of fused-ring (bicyclic) bond motifs is 3. The summed E-state index contributed by atoms with van der Waals surface area (Å²) in [6, 6.07) is 13.3. The zero-order chi connectivity index (χ0) is 27.0. The lowest BCUT2D eigenvalue weighted by Crippen LogP contribution is -2.47. The maximum atomic E-state index is 13.8. The maximum Gasteiger partial charge on any atom is 0.453 e. The van der Waals surface area contributed by atoms with Crippen molar-refractivity contribution >= 4 is 23.4 Å². The van der Waals surface area contributed by atoms with E-state index in [1.807, 2.05) is 41.7 Å². The summed E-state index contributed by atoms with van der Waals surface area (Å²) < 4.78 is 63.3. The van der Waals surface area contributed by atoms with E-state index in [0.717, 1.165) is 24.0 Å². The molecule has 2 aliphatic rings. The number of amides is 3. The van der Waals surface area contributed by atoms with Crippen molar-refractivity contribution in [2.75, 3.05) is 18.0 Å². The number of para-hydroxylation sites is 1. The Kier molecular flexibility index (Phi) is 7.25. The highest BCUT2D eigenvalue weighted by atomic mass is 19.4. The Hall–Kier alpha value is -3.50. The molecule has 2 aromatic rings. The summed E-state index contributed by atoms with van der Waals surface area (Å²) in [6.07, 6.45) is -5.42. The molecule has 2 N–H and O–H groups in total. The number of hydrogen-bond acceptors (Lipinski definition) is 3. The third kappa shape index (κ3) is 5.60. The largest absolute Gasteiger partial charge is 0.453 e. The van der Waals surface area contributed by atoms with Gasteiger partial charge >= 0.3 is 12.1 Å². The Morgan fingerprint density at radius 2 is 1.59 bits per heavy atom. The lowest BCUT2D eigenvalue weighted by Gasteiger charge is -2.27. The Bertz CT molecular complexity index is 1200. The van der Waals surface area contributed by atoms with E-state index in [9.17, 15) is 36.3 Å². The van der Waals surface area contributed by atoms with Crippen molar-refractivity contribution in [2.45, 2.75) is 44.3 Å². The summed E-state index contributed by atoms with van der Waals surface area (Å²) in [7, 11) is 0. The SMILES string of the molecule is CC(C(=O)NCCC(F)(F)C(F)(F)F)C(=O)N[C@@H]1C(=O)N(CC2CC2)c2ccccc2-c2ccccc21. The number of alkyl halides is 5. The Morgan fingerprint density at radius 1 is 0.973 bits per heavy atom. The molecule has 1 fully saturated rings. The second-order valence-electron chi connectivity index (χ2n) is 9.40. The van der Waals surface area contributed by atoms with Crippen molar-refractivity contribution in [2.24, 2.45) is 11.8 Å². The summed E-state index contributed by atoms with van der Waals surface area (Å²) in [6.45, 7) is 0.689. The van der Waals surface area contributed by atoms with Gasteiger partial charge in [0.25, 0.3) is 5.91 Å². The summed E-state index contributed by atoms with van der Waals surface area (Å²) >= 11 is 0. The lowest BCUT2D eigenvalue weighted by atomic mass is 9.95. The molecule has 1 aliphatic carbocycles. The summed E-state index contributed by atoms with van der Waals surface area (Å²) in [5, 5.41) is 4.57. The number of carbonyl (C=O) groups is 3. The van der Waals surface area contributed by atoms with Gasteiger partial charge in [-0.1, -0.05) is 42.5 Å². The quantitative estimate of drug-likeness (QED) is 0.392. The number of nitrogens with one attached hydrogen (secondary N) is 2. The van der Waals surface area contributed by atoms with E-state index in [2.05, 4.69) is 5.32 Å². The van der Waals surface area contributed by atoms with Crippen LogP contribution in [0.15, 0.2) is 48.5 Å². The molecule has 0 saturated heterocycles. The second-order valence-corrected chi connectivity index (χ2v) is 9.40.